The number of aromatic amines is 2. The summed E-state index contributed by atoms with van der Waals surface area (Å²) in [5.41, 5.74) is 1.70. The van der Waals surface area contributed by atoms with E-state index in [2.05, 4.69) is 25.9 Å². The quantitative estimate of drug-likeness (QED) is 0.856. The van der Waals surface area contributed by atoms with Gasteiger partial charge >= 0.3 is 5.69 Å². The fourth-order valence-corrected chi connectivity index (χ4v) is 2.31. The molecule has 2 rings (SSSR count). The summed E-state index contributed by atoms with van der Waals surface area (Å²) in [6.07, 6.45) is 0.499. The number of carbonyl (C=O) groups excluding carboxylic acids is 1. The fourth-order valence-electron chi connectivity index (χ4n) is 1.75. The Labute approximate surface area is 107 Å². The predicted octanol–water partition coefficient (Wildman–Crippen LogP) is 2.85. The number of H-pyrrole nitrogens is 2. The summed E-state index contributed by atoms with van der Waals surface area (Å²) < 4.78 is 0.714. The molecule has 0 spiro atoms. The molecule has 90 valence electrons. The summed E-state index contributed by atoms with van der Waals surface area (Å²) >= 11 is 3.36. The standard InChI is InChI=1S/C12H13BrN2O2/c1-6(2)3-11(16)7-4-9-10(5-8(7)13)15-12(17)14-9/h4-6H,3H2,1-2H3,(H2,14,15,17). The number of imidazole rings is 1. The van der Waals surface area contributed by atoms with Crippen LogP contribution in [0.3, 0.4) is 0 Å². The van der Waals surface area contributed by atoms with Crippen LogP contribution >= 0.6 is 15.9 Å². The maximum atomic E-state index is 12.0. The Kier molecular flexibility index (Phi) is 3.19. The highest BCUT2D eigenvalue weighted by Gasteiger charge is 2.13. The normalized spacial score (nSPS) is 11.3. The van der Waals surface area contributed by atoms with Gasteiger partial charge in [-0.3, -0.25) is 4.79 Å². The van der Waals surface area contributed by atoms with Crippen LogP contribution in [0.5, 0.6) is 0 Å². The lowest BCUT2D eigenvalue weighted by atomic mass is 10.0. The topological polar surface area (TPSA) is 65.7 Å². The van der Waals surface area contributed by atoms with E-state index in [4.69, 9.17) is 0 Å². The van der Waals surface area contributed by atoms with E-state index in [1.165, 1.54) is 0 Å². The second-order valence-corrected chi connectivity index (χ2v) is 5.33. The summed E-state index contributed by atoms with van der Waals surface area (Å²) in [6, 6.07) is 3.46. The second kappa shape index (κ2) is 4.49. The van der Waals surface area contributed by atoms with E-state index in [9.17, 15) is 9.59 Å². The average Bonchev–Trinajstić information content (AvgIpc) is 2.54. The van der Waals surface area contributed by atoms with Crippen LogP contribution in [-0.2, 0) is 0 Å². The lowest BCUT2D eigenvalue weighted by Gasteiger charge is -2.06. The van der Waals surface area contributed by atoms with E-state index in [1.54, 1.807) is 12.1 Å². The Morgan fingerprint density at radius 3 is 2.47 bits per heavy atom. The van der Waals surface area contributed by atoms with Gasteiger partial charge in [0, 0.05) is 16.5 Å². The SMILES string of the molecule is CC(C)CC(=O)c1cc2[nH]c(=O)[nH]c2cc1Br. The maximum Gasteiger partial charge on any atom is 0.323 e. The van der Waals surface area contributed by atoms with Gasteiger partial charge in [0.15, 0.2) is 5.78 Å². The van der Waals surface area contributed by atoms with Crippen molar-refractivity contribution in [3.63, 3.8) is 0 Å². The van der Waals surface area contributed by atoms with Crippen LogP contribution in [0.1, 0.15) is 30.6 Å². The van der Waals surface area contributed by atoms with Gasteiger partial charge in [0.25, 0.3) is 0 Å². The van der Waals surface area contributed by atoms with Gasteiger partial charge in [-0.25, -0.2) is 4.79 Å². The first-order valence-electron chi connectivity index (χ1n) is 5.42. The van der Waals surface area contributed by atoms with Crippen LogP contribution in [0.4, 0.5) is 0 Å². The van der Waals surface area contributed by atoms with Crippen molar-refractivity contribution in [2.75, 3.05) is 0 Å². The van der Waals surface area contributed by atoms with Gasteiger partial charge in [-0.2, -0.15) is 0 Å². The van der Waals surface area contributed by atoms with Gasteiger partial charge in [0.1, 0.15) is 0 Å². The average molecular weight is 297 g/mol. The van der Waals surface area contributed by atoms with Crippen LogP contribution < -0.4 is 5.69 Å². The van der Waals surface area contributed by atoms with Crippen LogP contribution in [0.15, 0.2) is 21.4 Å². The Morgan fingerprint density at radius 1 is 1.29 bits per heavy atom. The molecule has 1 aromatic heterocycles. The predicted molar refractivity (Wildman–Crippen MR) is 70.4 cm³/mol. The first-order chi connectivity index (χ1) is 7.97. The van der Waals surface area contributed by atoms with Gasteiger partial charge < -0.3 is 9.97 Å². The maximum absolute atomic E-state index is 12.0. The molecule has 0 radical (unpaired) electrons. The van der Waals surface area contributed by atoms with Crippen molar-refractivity contribution in [3.8, 4) is 0 Å². The highest BCUT2D eigenvalue weighted by Crippen LogP contribution is 2.24. The molecule has 0 saturated heterocycles. The van der Waals surface area contributed by atoms with E-state index >= 15 is 0 Å². The molecule has 0 aliphatic rings. The van der Waals surface area contributed by atoms with E-state index in [1.807, 2.05) is 13.8 Å². The van der Waals surface area contributed by atoms with Crippen molar-refractivity contribution in [1.82, 2.24) is 9.97 Å². The minimum Gasteiger partial charge on any atom is -0.306 e. The van der Waals surface area contributed by atoms with Crippen LogP contribution in [0, 0.1) is 5.92 Å². The molecule has 0 fully saturated rings. The number of halogens is 1. The van der Waals surface area contributed by atoms with E-state index in [-0.39, 0.29) is 11.5 Å². The number of rotatable bonds is 3. The summed E-state index contributed by atoms with van der Waals surface area (Å²) in [6.45, 7) is 4.00. The van der Waals surface area contributed by atoms with Crippen molar-refractivity contribution >= 4 is 32.7 Å². The Morgan fingerprint density at radius 2 is 1.88 bits per heavy atom. The molecular formula is C12H13BrN2O2. The van der Waals surface area contributed by atoms with Gasteiger partial charge in [-0.1, -0.05) is 13.8 Å². The summed E-state index contributed by atoms with van der Waals surface area (Å²) in [4.78, 5) is 28.4. The lowest BCUT2D eigenvalue weighted by Crippen LogP contribution is -2.04. The molecule has 0 aliphatic carbocycles. The molecule has 4 nitrogen and oxygen atoms in total. The highest BCUT2D eigenvalue weighted by atomic mass is 79.9. The highest BCUT2D eigenvalue weighted by molar-refractivity contribution is 9.10. The molecule has 0 saturated carbocycles. The zero-order chi connectivity index (χ0) is 12.6. The van der Waals surface area contributed by atoms with E-state index < -0.39 is 0 Å². The minimum absolute atomic E-state index is 0.0795. The van der Waals surface area contributed by atoms with Crippen LogP contribution in [0.2, 0.25) is 0 Å². The molecule has 0 amide bonds. The van der Waals surface area contributed by atoms with Gasteiger partial charge in [0.05, 0.1) is 11.0 Å². The number of fused-ring (bicyclic) bond motifs is 1. The number of carbonyl (C=O) groups is 1. The Balaban J connectivity index is 2.50. The zero-order valence-electron chi connectivity index (χ0n) is 9.63. The third-order valence-corrected chi connectivity index (χ3v) is 3.15. The molecule has 0 atom stereocenters. The molecule has 2 N–H and O–H groups in total. The number of nitrogens with one attached hydrogen (secondary N) is 2. The molecule has 0 unspecified atom stereocenters. The Hall–Kier alpha value is -1.36. The largest absolute Gasteiger partial charge is 0.323 e. The van der Waals surface area contributed by atoms with Crippen LogP contribution in [0.25, 0.3) is 11.0 Å². The molecular weight excluding hydrogens is 284 g/mol. The molecule has 2 aromatic rings. The number of hydrogen-bond acceptors (Lipinski definition) is 2. The first kappa shape index (κ1) is 12.1. The number of hydrogen-bond donors (Lipinski definition) is 2. The monoisotopic (exact) mass is 296 g/mol. The molecule has 0 bridgehead atoms. The molecule has 1 heterocycles. The zero-order valence-corrected chi connectivity index (χ0v) is 11.2. The first-order valence-corrected chi connectivity index (χ1v) is 6.21. The van der Waals surface area contributed by atoms with Crippen LogP contribution in [-0.4, -0.2) is 15.8 Å². The van der Waals surface area contributed by atoms with Crippen molar-refractivity contribution in [2.24, 2.45) is 5.92 Å². The van der Waals surface area contributed by atoms with Crippen molar-refractivity contribution in [3.05, 3.63) is 32.7 Å². The molecule has 0 aliphatic heterocycles. The third kappa shape index (κ3) is 2.49. The summed E-state index contributed by atoms with van der Waals surface area (Å²) in [5, 5.41) is 0. The number of Topliss-reactive ketones (excluding diaryl/α,β-unsaturated/α-hetero) is 1. The third-order valence-electron chi connectivity index (χ3n) is 2.50. The second-order valence-electron chi connectivity index (χ2n) is 4.48. The summed E-state index contributed by atoms with van der Waals surface area (Å²) in [5.74, 6) is 0.395. The lowest BCUT2D eigenvalue weighted by molar-refractivity contribution is 0.0967. The minimum atomic E-state index is -0.264. The number of benzene rings is 1. The van der Waals surface area contributed by atoms with Crippen molar-refractivity contribution < 1.29 is 4.79 Å². The van der Waals surface area contributed by atoms with Gasteiger partial charge in [-0.15, -0.1) is 0 Å². The Bertz CT molecular complexity index is 625. The van der Waals surface area contributed by atoms with E-state index in [0.717, 1.165) is 0 Å². The fraction of sp³-hybridized carbons (Fsp3) is 0.333. The molecule has 5 heteroatoms. The van der Waals surface area contributed by atoms with Crippen molar-refractivity contribution in [1.29, 1.82) is 0 Å². The molecule has 17 heavy (non-hydrogen) atoms. The molecule has 1 aromatic carbocycles. The van der Waals surface area contributed by atoms with Gasteiger partial charge in [0.2, 0.25) is 0 Å². The number of ketones is 1. The van der Waals surface area contributed by atoms with Crippen molar-refractivity contribution in [2.45, 2.75) is 20.3 Å². The number of aromatic nitrogens is 2. The van der Waals surface area contributed by atoms with Gasteiger partial charge in [-0.05, 0) is 34.0 Å². The van der Waals surface area contributed by atoms with E-state index in [0.29, 0.717) is 33.4 Å². The summed E-state index contributed by atoms with van der Waals surface area (Å²) in [7, 11) is 0. The smallest absolute Gasteiger partial charge is 0.306 e.